The lowest BCUT2D eigenvalue weighted by atomic mass is 9.98. The monoisotopic (exact) mass is 508 g/mol. The van der Waals surface area contributed by atoms with Gasteiger partial charge in [0.1, 0.15) is 5.75 Å². The van der Waals surface area contributed by atoms with E-state index in [9.17, 15) is 19.8 Å². The molecule has 1 aliphatic carbocycles. The number of aromatic amines is 1. The fourth-order valence-corrected chi connectivity index (χ4v) is 5.07. The highest BCUT2D eigenvalue weighted by Gasteiger charge is 2.26. The number of aromatic nitrogens is 2. The number of H-pyrrole nitrogens is 1. The van der Waals surface area contributed by atoms with Crippen LogP contribution >= 0.6 is 24.8 Å². The van der Waals surface area contributed by atoms with Gasteiger partial charge in [-0.2, -0.15) is 0 Å². The maximum absolute atomic E-state index is 12.4. The molecule has 2 aromatic heterocycles. The van der Waals surface area contributed by atoms with Crippen molar-refractivity contribution >= 4 is 41.7 Å². The van der Waals surface area contributed by atoms with Gasteiger partial charge < -0.3 is 24.7 Å². The highest BCUT2D eigenvalue weighted by Crippen LogP contribution is 2.38. The maximum atomic E-state index is 12.4. The number of likely N-dealkylation sites (N-methyl/N-ethyl adjacent to an activating group) is 1. The Labute approximate surface area is 210 Å². The van der Waals surface area contributed by atoms with Gasteiger partial charge in [-0.1, -0.05) is 0 Å². The minimum atomic E-state index is -1.41. The van der Waals surface area contributed by atoms with Gasteiger partial charge in [0.15, 0.2) is 5.56 Å². The molecule has 0 amide bonds. The number of aromatic carboxylic acids is 1. The van der Waals surface area contributed by atoms with Crippen molar-refractivity contribution in [3.63, 3.8) is 0 Å². The summed E-state index contributed by atoms with van der Waals surface area (Å²) in [5.74, 6) is -1.82. The van der Waals surface area contributed by atoms with E-state index in [0.29, 0.717) is 17.7 Å². The van der Waals surface area contributed by atoms with Gasteiger partial charge in [-0.05, 0) is 50.1 Å². The second-order valence-electron chi connectivity index (χ2n) is 9.03. The normalized spacial score (nSPS) is 16.2. The maximum Gasteiger partial charge on any atom is 0.345 e. The zero-order valence-electron chi connectivity index (χ0n) is 19.3. The number of carboxylic acids is 1. The Balaban J connectivity index is 0.00000162. The molecule has 0 saturated carbocycles. The number of piperazine rings is 1. The van der Waals surface area contributed by atoms with E-state index in [4.69, 9.17) is 0 Å². The standard InChI is InChI=1S/C24H28N4O4.2ClH/c1-26-6-8-28(9-7-26)13-16-10-15-11-18-14(12-19(15)27(16)2)4-3-5-17-21(18)25-23(30)20(22(17)29)24(31)32;;/h10-12H,3-9,13H2,1-2H3,(H,31,32)(H2,25,29,30);2*1H. The van der Waals surface area contributed by atoms with Gasteiger partial charge in [-0.25, -0.2) is 4.79 Å². The molecule has 0 bridgehead atoms. The molecule has 3 heterocycles. The second-order valence-corrected chi connectivity index (χ2v) is 9.03. The lowest BCUT2D eigenvalue weighted by molar-refractivity contribution is 0.0691. The highest BCUT2D eigenvalue weighted by molar-refractivity contribution is 5.93. The molecule has 184 valence electrons. The second kappa shape index (κ2) is 10.00. The van der Waals surface area contributed by atoms with Gasteiger partial charge in [0, 0.05) is 67.5 Å². The number of nitrogens with one attached hydrogen (secondary N) is 1. The van der Waals surface area contributed by atoms with E-state index in [1.807, 2.05) is 0 Å². The van der Waals surface area contributed by atoms with Crippen LogP contribution in [0.15, 0.2) is 23.0 Å². The summed E-state index contributed by atoms with van der Waals surface area (Å²) in [5, 5.41) is 21.0. The number of rotatable bonds is 3. The van der Waals surface area contributed by atoms with Crippen molar-refractivity contribution in [3.05, 3.63) is 50.9 Å². The zero-order valence-corrected chi connectivity index (χ0v) is 20.9. The van der Waals surface area contributed by atoms with E-state index in [0.717, 1.165) is 67.6 Å². The first-order valence-corrected chi connectivity index (χ1v) is 11.1. The molecular weight excluding hydrogens is 479 g/mol. The zero-order chi connectivity index (χ0) is 22.6. The fraction of sp³-hybridized carbons (Fsp3) is 0.417. The number of aryl methyl sites for hydroxylation is 2. The van der Waals surface area contributed by atoms with Gasteiger partial charge in [0.25, 0.3) is 5.56 Å². The number of hydrogen-bond donors (Lipinski definition) is 3. The number of fused-ring (bicyclic) bond motifs is 4. The molecule has 0 atom stereocenters. The molecule has 0 radical (unpaired) electrons. The summed E-state index contributed by atoms with van der Waals surface area (Å²) < 4.78 is 2.24. The van der Waals surface area contributed by atoms with Crippen LogP contribution in [0.2, 0.25) is 0 Å². The third kappa shape index (κ3) is 4.43. The summed E-state index contributed by atoms with van der Waals surface area (Å²) in [6.45, 7) is 5.14. The van der Waals surface area contributed by atoms with Crippen molar-refractivity contribution in [1.29, 1.82) is 0 Å². The van der Waals surface area contributed by atoms with Crippen molar-refractivity contribution in [1.82, 2.24) is 19.4 Å². The molecule has 8 nitrogen and oxygen atoms in total. The number of halogens is 2. The van der Waals surface area contributed by atoms with Gasteiger partial charge in [-0.15, -0.1) is 24.8 Å². The molecule has 1 aliphatic heterocycles. The molecule has 3 aromatic rings. The van der Waals surface area contributed by atoms with Crippen molar-refractivity contribution in [2.75, 3.05) is 33.2 Å². The number of carboxylic acid groups (broad SMARTS) is 1. The number of nitrogens with zero attached hydrogens (tertiary/aromatic N) is 3. The molecule has 5 rings (SSSR count). The van der Waals surface area contributed by atoms with Gasteiger partial charge >= 0.3 is 5.97 Å². The summed E-state index contributed by atoms with van der Waals surface area (Å²) in [7, 11) is 4.25. The lowest BCUT2D eigenvalue weighted by Crippen LogP contribution is -2.44. The van der Waals surface area contributed by atoms with Crippen molar-refractivity contribution < 1.29 is 15.0 Å². The van der Waals surface area contributed by atoms with E-state index in [2.05, 4.69) is 51.6 Å². The average molecular weight is 509 g/mol. The Morgan fingerprint density at radius 3 is 2.44 bits per heavy atom. The Hall–Kier alpha value is -2.52. The quantitative estimate of drug-likeness (QED) is 0.502. The predicted molar refractivity (Wildman–Crippen MR) is 137 cm³/mol. The van der Waals surface area contributed by atoms with Crippen LogP contribution in [0, 0.1) is 0 Å². The Bertz CT molecular complexity index is 1290. The van der Waals surface area contributed by atoms with Crippen LogP contribution in [0.25, 0.3) is 22.2 Å². The van der Waals surface area contributed by atoms with Gasteiger partial charge in [-0.3, -0.25) is 9.69 Å². The van der Waals surface area contributed by atoms with Gasteiger partial charge in [0.05, 0.1) is 5.69 Å². The largest absolute Gasteiger partial charge is 0.506 e. The molecule has 10 heteroatoms. The number of benzene rings is 1. The molecular formula is C24H30Cl2N4O4. The summed E-state index contributed by atoms with van der Waals surface area (Å²) in [6.07, 6.45) is 2.07. The first-order valence-electron chi connectivity index (χ1n) is 11.1. The highest BCUT2D eigenvalue weighted by atomic mass is 35.5. The fourth-order valence-electron chi connectivity index (χ4n) is 5.07. The molecule has 1 saturated heterocycles. The number of pyridine rings is 1. The molecule has 3 N–H and O–H groups in total. The first kappa shape index (κ1) is 26.1. The third-order valence-corrected chi connectivity index (χ3v) is 6.99. The number of aromatic hydroxyl groups is 1. The Morgan fingerprint density at radius 1 is 1.06 bits per heavy atom. The lowest BCUT2D eigenvalue weighted by Gasteiger charge is -2.32. The van der Waals surface area contributed by atoms with E-state index >= 15 is 0 Å². The summed E-state index contributed by atoms with van der Waals surface area (Å²) in [5.41, 5.74) is 4.04. The minimum absolute atomic E-state index is 0. The molecule has 34 heavy (non-hydrogen) atoms. The smallest absolute Gasteiger partial charge is 0.345 e. The molecule has 1 aromatic carbocycles. The van der Waals surface area contributed by atoms with E-state index < -0.39 is 22.8 Å². The van der Waals surface area contributed by atoms with Crippen LogP contribution in [0.3, 0.4) is 0 Å². The van der Waals surface area contributed by atoms with E-state index in [1.54, 1.807) is 0 Å². The van der Waals surface area contributed by atoms with Crippen LogP contribution < -0.4 is 5.56 Å². The third-order valence-electron chi connectivity index (χ3n) is 6.99. The van der Waals surface area contributed by atoms with Crippen LogP contribution in [0.5, 0.6) is 5.75 Å². The molecule has 0 unspecified atom stereocenters. The summed E-state index contributed by atoms with van der Waals surface area (Å²) in [6, 6.07) is 6.44. The molecule has 0 spiro atoms. The molecule has 1 fully saturated rings. The topological polar surface area (TPSA) is 102 Å². The predicted octanol–water partition coefficient (Wildman–Crippen LogP) is 3.02. The van der Waals surface area contributed by atoms with Crippen molar-refractivity contribution in [2.24, 2.45) is 7.05 Å². The Kier molecular flexibility index (Phi) is 7.67. The van der Waals surface area contributed by atoms with Crippen molar-refractivity contribution in [2.45, 2.75) is 25.8 Å². The Morgan fingerprint density at radius 2 is 1.76 bits per heavy atom. The molecule has 2 aliphatic rings. The van der Waals surface area contributed by atoms with Crippen LogP contribution in [-0.2, 0) is 26.4 Å². The summed E-state index contributed by atoms with van der Waals surface area (Å²) >= 11 is 0. The van der Waals surface area contributed by atoms with E-state index in [1.165, 1.54) is 5.69 Å². The van der Waals surface area contributed by atoms with E-state index in [-0.39, 0.29) is 24.8 Å². The first-order chi connectivity index (χ1) is 15.3. The average Bonchev–Trinajstić information content (AvgIpc) is 2.93. The SMILES string of the molecule is CN1CCN(Cc2cc3cc4c(cc3n2C)CCCc2c-4[nH]c(=O)c(C(=O)O)c2O)CC1.Cl.Cl. The number of hydrogen-bond acceptors (Lipinski definition) is 5. The van der Waals surface area contributed by atoms with Gasteiger partial charge in [0.2, 0.25) is 0 Å². The summed E-state index contributed by atoms with van der Waals surface area (Å²) in [4.78, 5) is 31.5. The van der Waals surface area contributed by atoms with Crippen LogP contribution in [0.1, 0.15) is 33.6 Å². The van der Waals surface area contributed by atoms with Crippen LogP contribution in [0.4, 0.5) is 0 Å². The minimum Gasteiger partial charge on any atom is -0.506 e. The number of carbonyl (C=O) groups is 1. The van der Waals surface area contributed by atoms with Crippen LogP contribution in [-0.4, -0.2) is 68.8 Å². The van der Waals surface area contributed by atoms with Crippen molar-refractivity contribution in [3.8, 4) is 17.0 Å².